The largest absolute Gasteiger partial charge is 0.508 e. The Bertz CT molecular complexity index is 1140. The van der Waals surface area contributed by atoms with Crippen LogP contribution >= 0.6 is 0 Å². The summed E-state index contributed by atoms with van der Waals surface area (Å²) in [5.74, 6) is 0.721. The highest BCUT2D eigenvalue weighted by atomic mass is 16.3. The number of benzene rings is 4. The van der Waals surface area contributed by atoms with Crippen molar-refractivity contribution in [3.05, 3.63) is 125 Å². The van der Waals surface area contributed by atoms with Gasteiger partial charge in [0.2, 0.25) is 0 Å². The third-order valence-electron chi connectivity index (χ3n) is 6.66. The molecular formula is C29H28O3. The van der Waals surface area contributed by atoms with Gasteiger partial charge in [-0.2, -0.15) is 0 Å². The van der Waals surface area contributed by atoms with Crippen LogP contribution in [0.25, 0.3) is 0 Å². The second-order valence-corrected chi connectivity index (χ2v) is 8.97. The summed E-state index contributed by atoms with van der Waals surface area (Å²) < 4.78 is 0. The molecule has 3 heteroatoms. The molecule has 0 fully saturated rings. The molecular weight excluding hydrogens is 396 g/mol. The van der Waals surface area contributed by atoms with Crippen molar-refractivity contribution < 1.29 is 15.3 Å². The highest BCUT2D eigenvalue weighted by Crippen LogP contribution is 2.41. The third-order valence-corrected chi connectivity index (χ3v) is 6.66. The lowest BCUT2D eigenvalue weighted by atomic mass is 9.70. The van der Waals surface area contributed by atoms with E-state index in [-0.39, 0.29) is 22.7 Å². The van der Waals surface area contributed by atoms with Crippen LogP contribution in [0.15, 0.2) is 97.1 Å². The molecule has 4 rings (SSSR count). The first-order chi connectivity index (χ1) is 15.2. The van der Waals surface area contributed by atoms with Crippen LogP contribution in [0.3, 0.4) is 0 Å². The molecule has 0 unspecified atom stereocenters. The van der Waals surface area contributed by atoms with E-state index in [0.717, 1.165) is 22.3 Å². The fourth-order valence-electron chi connectivity index (χ4n) is 4.35. The number of phenols is 3. The van der Waals surface area contributed by atoms with Crippen LogP contribution < -0.4 is 0 Å². The van der Waals surface area contributed by atoms with Crippen molar-refractivity contribution in [2.45, 2.75) is 31.6 Å². The van der Waals surface area contributed by atoms with E-state index in [1.54, 1.807) is 36.4 Å². The summed E-state index contributed by atoms with van der Waals surface area (Å²) in [5.41, 5.74) is 4.81. The van der Waals surface area contributed by atoms with Gasteiger partial charge in [0.25, 0.3) is 0 Å². The molecule has 3 nitrogen and oxygen atoms in total. The molecule has 0 bridgehead atoms. The van der Waals surface area contributed by atoms with E-state index in [4.69, 9.17) is 0 Å². The SMILES string of the molecule is CC(C)(c1ccc(O)cc1)c1ccc(C(C)(c2ccc(O)cc2)c2ccc(O)cc2)cc1. The maximum Gasteiger partial charge on any atom is 0.115 e. The Morgan fingerprint density at radius 2 is 0.594 bits per heavy atom. The van der Waals surface area contributed by atoms with Crippen LogP contribution in [0.2, 0.25) is 0 Å². The first-order valence-electron chi connectivity index (χ1n) is 10.7. The predicted molar refractivity (Wildman–Crippen MR) is 128 cm³/mol. The summed E-state index contributed by atoms with van der Waals surface area (Å²) in [6.07, 6.45) is 0. The van der Waals surface area contributed by atoms with Gasteiger partial charge >= 0.3 is 0 Å². The Kier molecular flexibility index (Phi) is 5.43. The molecule has 32 heavy (non-hydrogen) atoms. The molecule has 0 aliphatic rings. The molecule has 0 saturated heterocycles. The van der Waals surface area contributed by atoms with Gasteiger partial charge in [-0.05, 0) is 71.1 Å². The summed E-state index contributed by atoms with van der Waals surface area (Å²) in [6, 6.07) is 30.5. The number of hydrogen-bond acceptors (Lipinski definition) is 3. The van der Waals surface area contributed by atoms with Crippen LogP contribution in [0.1, 0.15) is 48.6 Å². The first-order valence-corrected chi connectivity index (χ1v) is 10.7. The van der Waals surface area contributed by atoms with Crippen LogP contribution in [0.5, 0.6) is 17.2 Å². The smallest absolute Gasteiger partial charge is 0.115 e. The highest BCUT2D eigenvalue weighted by molar-refractivity contribution is 5.52. The summed E-state index contributed by atoms with van der Waals surface area (Å²) in [7, 11) is 0. The van der Waals surface area contributed by atoms with E-state index in [0.29, 0.717) is 0 Å². The standard InChI is InChI=1S/C29H28O3/c1-28(2,21-8-14-25(30)15-9-21)20-4-6-22(7-5-20)29(3,23-10-16-26(31)17-11-23)24-12-18-27(32)19-13-24/h4-19,30-32H,1-3H3. The Labute approximate surface area is 189 Å². The van der Waals surface area contributed by atoms with Gasteiger partial charge in [-0.1, -0.05) is 74.5 Å². The topological polar surface area (TPSA) is 60.7 Å². The van der Waals surface area contributed by atoms with Gasteiger partial charge in [0, 0.05) is 10.8 Å². The lowest BCUT2D eigenvalue weighted by Crippen LogP contribution is -2.26. The fraction of sp³-hybridized carbons (Fsp3) is 0.172. The minimum atomic E-state index is -0.470. The summed E-state index contributed by atoms with van der Waals surface area (Å²) in [5, 5.41) is 29.2. The quantitative estimate of drug-likeness (QED) is 0.321. The first kappa shape index (κ1) is 21.5. The van der Waals surface area contributed by atoms with E-state index in [9.17, 15) is 15.3 Å². The summed E-state index contributed by atoms with van der Waals surface area (Å²) >= 11 is 0. The lowest BCUT2D eigenvalue weighted by molar-refractivity contribution is 0.473. The van der Waals surface area contributed by atoms with Crippen LogP contribution in [0, 0.1) is 0 Å². The van der Waals surface area contributed by atoms with Crippen molar-refractivity contribution in [3.8, 4) is 17.2 Å². The molecule has 0 aliphatic carbocycles. The van der Waals surface area contributed by atoms with Crippen molar-refractivity contribution >= 4 is 0 Å². The minimum absolute atomic E-state index is 0.223. The van der Waals surface area contributed by atoms with Gasteiger partial charge in [-0.15, -0.1) is 0 Å². The second-order valence-electron chi connectivity index (χ2n) is 8.97. The van der Waals surface area contributed by atoms with E-state index < -0.39 is 5.41 Å². The zero-order chi connectivity index (χ0) is 22.9. The van der Waals surface area contributed by atoms with Crippen molar-refractivity contribution in [3.63, 3.8) is 0 Å². The molecule has 0 aromatic heterocycles. The van der Waals surface area contributed by atoms with Crippen molar-refractivity contribution in [2.75, 3.05) is 0 Å². The van der Waals surface area contributed by atoms with Crippen LogP contribution in [-0.4, -0.2) is 15.3 Å². The molecule has 0 heterocycles. The Balaban J connectivity index is 1.79. The Morgan fingerprint density at radius 1 is 0.375 bits per heavy atom. The monoisotopic (exact) mass is 424 g/mol. The zero-order valence-corrected chi connectivity index (χ0v) is 18.6. The molecule has 4 aromatic carbocycles. The normalized spacial score (nSPS) is 12.0. The number of rotatable bonds is 5. The van der Waals surface area contributed by atoms with Gasteiger partial charge in [0.15, 0.2) is 0 Å². The number of phenolic OH excluding ortho intramolecular Hbond substituents is 3. The average Bonchev–Trinajstić information content (AvgIpc) is 2.80. The van der Waals surface area contributed by atoms with Gasteiger partial charge in [0.1, 0.15) is 17.2 Å². The predicted octanol–water partition coefficient (Wildman–Crippen LogP) is 6.48. The van der Waals surface area contributed by atoms with Gasteiger partial charge in [-0.3, -0.25) is 0 Å². The van der Waals surface area contributed by atoms with Crippen molar-refractivity contribution in [1.82, 2.24) is 0 Å². The maximum atomic E-state index is 9.80. The molecule has 0 saturated carbocycles. The Hall–Kier alpha value is -3.72. The van der Waals surface area contributed by atoms with Crippen molar-refractivity contribution in [1.29, 1.82) is 0 Å². The lowest BCUT2D eigenvalue weighted by Gasteiger charge is -2.33. The Morgan fingerprint density at radius 3 is 0.906 bits per heavy atom. The van der Waals surface area contributed by atoms with E-state index >= 15 is 0 Å². The molecule has 0 aliphatic heterocycles. The second kappa shape index (κ2) is 8.08. The summed E-state index contributed by atoms with van der Waals surface area (Å²) in [6.45, 7) is 6.51. The van der Waals surface area contributed by atoms with Gasteiger partial charge in [0.05, 0.1) is 0 Å². The van der Waals surface area contributed by atoms with E-state index in [1.165, 1.54) is 5.56 Å². The zero-order valence-electron chi connectivity index (χ0n) is 18.6. The van der Waals surface area contributed by atoms with Crippen LogP contribution in [-0.2, 0) is 10.8 Å². The van der Waals surface area contributed by atoms with E-state index in [2.05, 4.69) is 45.0 Å². The van der Waals surface area contributed by atoms with Crippen LogP contribution in [0.4, 0.5) is 0 Å². The minimum Gasteiger partial charge on any atom is -0.508 e. The third kappa shape index (κ3) is 3.82. The molecule has 0 radical (unpaired) electrons. The van der Waals surface area contributed by atoms with Crippen molar-refractivity contribution in [2.24, 2.45) is 0 Å². The highest BCUT2D eigenvalue weighted by Gasteiger charge is 2.32. The molecule has 3 N–H and O–H groups in total. The van der Waals surface area contributed by atoms with E-state index in [1.807, 2.05) is 36.4 Å². The number of aromatic hydroxyl groups is 3. The number of hydrogen-bond donors (Lipinski definition) is 3. The molecule has 0 atom stereocenters. The van der Waals surface area contributed by atoms with Gasteiger partial charge < -0.3 is 15.3 Å². The molecule has 0 spiro atoms. The molecule has 162 valence electrons. The molecule has 4 aromatic rings. The maximum absolute atomic E-state index is 9.80. The average molecular weight is 425 g/mol. The van der Waals surface area contributed by atoms with Gasteiger partial charge in [-0.25, -0.2) is 0 Å². The summed E-state index contributed by atoms with van der Waals surface area (Å²) in [4.78, 5) is 0. The molecule has 0 amide bonds. The fourth-order valence-corrected chi connectivity index (χ4v) is 4.35.